The van der Waals surface area contributed by atoms with E-state index in [1.54, 1.807) is 0 Å². The van der Waals surface area contributed by atoms with Gasteiger partial charge >= 0.3 is 5.97 Å². The van der Waals surface area contributed by atoms with Gasteiger partial charge in [0.25, 0.3) is 0 Å². The minimum absolute atomic E-state index is 0.411. The fourth-order valence-corrected chi connectivity index (χ4v) is 2.28. The quantitative estimate of drug-likeness (QED) is 0.578. The Balaban J connectivity index is 2.20. The molecule has 0 aliphatic carbocycles. The van der Waals surface area contributed by atoms with Gasteiger partial charge in [-0.25, -0.2) is 4.79 Å². The molecule has 0 amide bonds. The molecule has 4 heteroatoms. The maximum Gasteiger partial charge on any atom is 0.347 e. The molecule has 0 fully saturated rings. The highest BCUT2D eigenvalue weighted by atomic mass is 79.9. The molecule has 0 spiro atoms. The zero-order chi connectivity index (χ0) is 12.0. The van der Waals surface area contributed by atoms with Gasteiger partial charge in [-0.3, -0.25) is 0 Å². The number of cyclic esters (lactones) is 1. The Morgan fingerprint density at radius 3 is 2.44 bits per heavy atom. The molecule has 1 N–H and O–H groups in total. The van der Waals surface area contributed by atoms with Crippen molar-refractivity contribution >= 4 is 21.9 Å². The van der Waals surface area contributed by atoms with Gasteiger partial charge in [-0.15, -0.1) is 0 Å². The average molecular weight is 291 g/mol. The van der Waals surface area contributed by atoms with E-state index in [1.165, 1.54) is 25.7 Å². The number of unbranched alkanes of at least 4 members (excludes halogenated alkanes) is 5. The lowest BCUT2D eigenvalue weighted by atomic mass is 10.1. The van der Waals surface area contributed by atoms with Crippen LogP contribution in [0.5, 0.6) is 0 Å². The number of ether oxygens (including phenoxy) is 1. The Hall–Kier alpha value is -0.350. The largest absolute Gasteiger partial charge is 0.428 e. The fraction of sp³-hybridized carbons (Fsp3) is 0.750. The molecule has 92 valence electrons. The van der Waals surface area contributed by atoms with Crippen molar-refractivity contribution in [2.45, 2.75) is 58.2 Å². The van der Waals surface area contributed by atoms with Crippen molar-refractivity contribution in [3.63, 3.8) is 0 Å². The molecule has 3 nitrogen and oxygen atoms in total. The Kier molecular flexibility index (Phi) is 6.06. The van der Waals surface area contributed by atoms with Gasteiger partial charge in [-0.1, -0.05) is 39.0 Å². The van der Waals surface area contributed by atoms with E-state index < -0.39 is 12.3 Å². The van der Waals surface area contributed by atoms with Crippen LogP contribution in [0.15, 0.2) is 10.1 Å². The van der Waals surface area contributed by atoms with Gasteiger partial charge in [0.15, 0.2) is 0 Å². The summed E-state index contributed by atoms with van der Waals surface area (Å²) in [5.41, 5.74) is 0.695. The summed E-state index contributed by atoms with van der Waals surface area (Å²) >= 11 is 3.15. The van der Waals surface area contributed by atoms with E-state index in [9.17, 15) is 9.90 Å². The maximum atomic E-state index is 11.1. The van der Waals surface area contributed by atoms with Crippen LogP contribution in [0.1, 0.15) is 51.9 Å². The number of rotatable bonds is 7. The maximum absolute atomic E-state index is 11.1. The summed E-state index contributed by atoms with van der Waals surface area (Å²) in [5.74, 6) is -0.450. The van der Waals surface area contributed by atoms with Crippen LogP contribution < -0.4 is 0 Å². The summed E-state index contributed by atoms with van der Waals surface area (Å²) in [4.78, 5) is 11.1. The van der Waals surface area contributed by atoms with E-state index in [2.05, 4.69) is 27.6 Å². The highest BCUT2D eigenvalue weighted by Crippen LogP contribution is 2.29. The van der Waals surface area contributed by atoms with Crippen LogP contribution in [-0.2, 0) is 9.53 Å². The molecule has 1 aliphatic rings. The Bertz CT molecular complexity index is 273. The van der Waals surface area contributed by atoms with Crippen LogP contribution in [0.3, 0.4) is 0 Å². The molecule has 0 aromatic rings. The number of hydrogen-bond donors (Lipinski definition) is 1. The van der Waals surface area contributed by atoms with E-state index in [1.807, 2.05) is 0 Å². The molecule has 1 rings (SSSR count). The third-order valence-corrected chi connectivity index (χ3v) is 3.61. The summed E-state index contributed by atoms with van der Waals surface area (Å²) in [5, 5.41) is 9.44. The van der Waals surface area contributed by atoms with Crippen LogP contribution in [0, 0.1) is 0 Å². The lowest BCUT2D eigenvalue weighted by Gasteiger charge is -2.06. The minimum atomic E-state index is -1.03. The molecule has 1 unspecified atom stereocenters. The van der Waals surface area contributed by atoms with Crippen LogP contribution in [-0.4, -0.2) is 17.4 Å². The van der Waals surface area contributed by atoms with E-state index in [4.69, 9.17) is 0 Å². The average Bonchev–Trinajstić information content (AvgIpc) is 2.49. The van der Waals surface area contributed by atoms with Crippen molar-refractivity contribution in [1.82, 2.24) is 0 Å². The fourth-order valence-electron chi connectivity index (χ4n) is 1.79. The molecule has 1 atom stereocenters. The third-order valence-electron chi connectivity index (χ3n) is 2.78. The number of carbonyl (C=O) groups is 1. The van der Waals surface area contributed by atoms with Gasteiger partial charge in [0.05, 0.1) is 0 Å². The van der Waals surface area contributed by atoms with Crippen molar-refractivity contribution < 1.29 is 14.6 Å². The first kappa shape index (κ1) is 13.7. The SMILES string of the molecule is CCCCCCCCC1=C(Br)C(=O)OC1O. The minimum Gasteiger partial charge on any atom is -0.428 e. The lowest BCUT2D eigenvalue weighted by Crippen LogP contribution is -2.09. The normalized spacial score (nSPS) is 20.4. The van der Waals surface area contributed by atoms with Gasteiger partial charge in [-0.05, 0) is 28.8 Å². The third kappa shape index (κ3) is 3.91. The molecule has 0 saturated heterocycles. The van der Waals surface area contributed by atoms with Crippen molar-refractivity contribution in [2.24, 2.45) is 0 Å². The monoisotopic (exact) mass is 290 g/mol. The standard InChI is InChI=1S/C12H19BrO3/c1-2-3-4-5-6-7-8-9-10(13)12(15)16-11(9)14/h11,14H,2-8H2,1H3. The van der Waals surface area contributed by atoms with E-state index in [-0.39, 0.29) is 0 Å². The smallest absolute Gasteiger partial charge is 0.347 e. The molecule has 0 aromatic carbocycles. The molecule has 0 aromatic heterocycles. The molecular weight excluding hydrogens is 272 g/mol. The van der Waals surface area contributed by atoms with Gasteiger partial charge in [0.1, 0.15) is 4.48 Å². The van der Waals surface area contributed by atoms with Crippen LogP contribution >= 0.6 is 15.9 Å². The first-order valence-corrected chi connectivity index (χ1v) is 6.73. The van der Waals surface area contributed by atoms with Gasteiger partial charge in [-0.2, -0.15) is 0 Å². The highest BCUT2D eigenvalue weighted by molar-refractivity contribution is 9.12. The molecule has 16 heavy (non-hydrogen) atoms. The lowest BCUT2D eigenvalue weighted by molar-refractivity contribution is -0.151. The molecular formula is C12H19BrO3. The molecule has 0 radical (unpaired) electrons. The number of aliphatic hydroxyl groups excluding tert-OH is 1. The zero-order valence-corrected chi connectivity index (χ0v) is 11.3. The van der Waals surface area contributed by atoms with Crippen molar-refractivity contribution in [3.8, 4) is 0 Å². The summed E-state index contributed by atoms with van der Waals surface area (Å²) in [6, 6.07) is 0. The second kappa shape index (κ2) is 7.07. The Labute approximate surface area is 105 Å². The number of esters is 1. The summed E-state index contributed by atoms with van der Waals surface area (Å²) in [7, 11) is 0. The number of aliphatic hydroxyl groups is 1. The number of halogens is 1. The van der Waals surface area contributed by atoms with E-state index in [0.717, 1.165) is 19.3 Å². The molecule has 0 saturated carbocycles. The predicted molar refractivity (Wildman–Crippen MR) is 66.0 cm³/mol. The molecule has 0 bridgehead atoms. The van der Waals surface area contributed by atoms with Gasteiger partial charge < -0.3 is 9.84 Å². The van der Waals surface area contributed by atoms with Gasteiger partial charge in [0, 0.05) is 5.57 Å². The topological polar surface area (TPSA) is 46.5 Å². The summed E-state index contributed by atoms with van der Waals surface area (Å²) < 4.78 is 5.09. The second-order valence-electron chi connectivity index (χ2n) is 4.11. The van der Waals surface area contributed by atoms with Crippen LogP contribution in [0.2, 0.25) is 0 Å². The Morgan fingerprint density at radius 1 is 1.25 bits per heavy atom. The molecule has 1 heterocycles. The summed E-state index contributed by atoms with van der Waals surface area (Å²) in [6.45, 7) is 2.19. The molecule has 1 aliphatic heterocycles. The second-order valence-corrected chi connectivity index (χ2v) is 4.91. The van der Waals surface area contributed by atoms with E-state index >= 15 is 0 Å². The van der Waals surface area contributed by atoms with Crippen molar-refractivity contribution in [2.75, 3.05) is 0 Å². The van der Waals surface area contributed by atoms with Crippen LogP contribution in [0.25, 0.3) is 0 Å². The first-order chi connectivity index (χ1) is 7.66. The van der Waals surface area contributed by atoms with Crippen molar-refractivity contribution in [1.29, 1.82) is 0 Å². The van der Waals surface area contributed by atoms with Gasteiger partial charge in [0.2, 0.25) is 6.29 Å². The highest BCUT2D eigenvalue weighted by Gasteiger charge is 2.30. The summed E-state index contributed by atoms with van der Waals surface area (Å²) in [6.07, 6.45) is 6.89. The first-order valence-electron chi connectivity index (χ1n) is 5.94. The Morgan fingerprint density at radius 2 is 1.88 bits per heavy atom. The number of hydrogen-bond acceptors (Lipinski definition) is 3. The van der Waals surface area contributed by atoms with E-state index in [0.29, 0.717) is 10.1 Å². The predicted octanol–water partition coefficient (Wildman–Crippen LogP) is 3.26. The zero-order valence-electron chi connectivity index (χ0n) is 9.67. The number of carbonyl (C=O) groups excluding carboxylic acids is 1. The van der Waals surface area contributed by atoms with Crippen molar-refractivity contribution in [3.05, 3.63) is 10.1 Å². The van der Waals surface area contributed by atoms with Crippen LogP contribution in [0.4, 0.5) is 0 Å².